The molecule has 0 bridgehead atoms. The number of anilines is 2. The normalized spacial score (nSPS) is 10.7. The molecule has 172 valence electrons. The molecular formula is C27H20N4O3S. The summed E-state index contributed by atoms with van der Waals surface area (Å²) in [6.07, 6.45) is 0. The Bertz CT molecular complexity index is 1560. The van der Waals surface area contributed by atoms with Crippen LogP contribution >= 0.6 is 11.3 Å². The van der Waals surface area contributed by atoms with Gasteiger partial charge in [0.05, 0.1) is 16.8 Å². The standard InChI is InChI=1S/C27H20N4O3S/c32-25(23-11-6-16-35-23)28-19-12-14-20(15-13-19)29-26(33)24-21-9-4-5-10-22(21)27(34)31(30-24)17-18-7-2-1-3-8-18/h1-16H,17H2,(H,28,32)(H,29,33). The lowest BCUT2D eigenvalue weighted by Gasteiger charge is -2.12. The zero-order valence-corrected chi connectivity index (χ0v) is 19.3. The van der Waals surface area contributed by atoms with Crippen molar-refractivity contribution in [3.05, 3.63) is 123 Å². The number of benzene rings is 3. The Kier molecular flexibility index (Phi) is 6.19. The number of thiophene rings is 1. The number of rotatable bonds is 6. The minimum absolute atomic E-state index is 0.159. The Balaban J connectivity index is 1.40. The number of carbonyl (C=O) groups is 2. The van der Waals surface area contributed by atoms with Gasteiger partial charge >= 0.3 is 0 Å². The van der Waals surface area contributed by atoms with Crippen molar-refractivity contribution in [3.8, 4) is 0 Å². The van der Waals surface area contributed by atoms with Crippen LogP contribution in [0.5, 0.6) is 0 Å². The fraction of sp³-hybridized carbons (Fsp3) is 0.0370. The third-order valence-corrected chi connectivity index (χ3v) is 6.27. The lowest BCUT2D eigenvalue weighted by Crippen LogP contribution is -2.28. The number of fused-ring (bicyclic) bond motifs is 1. The van der Waals surface area contributed by atoms with Gasteiger partial charge in [-0.1, -0.05) is 54.6 Å². The predicted octanol–water partition coefficient (Wildman–Crippen LogP) is 5.01. The number of nitrogens with zero attached hydrogens (tertiary/aromatic N) is 2. The quantitative estimate of drug-likeness (QED) is 0.357. The van der Waals surface area contributed by atoms with Crippen LogP contribution in [0.25, 0.3) is 10.8 Å². The monoisotopic (exact) mass is 480 g/mol. The molecule has 3 aromatic carbocycles. The SMILES string of the molecule is O=C(Nc1ccc(NC(=O)c2nn(Cc3ccccc3)c(=O)c3ccccc23)cc1)c1cccs1. The Morgan fingerprint density at radius 2 is 1.37 bits per heavy atom. The number of hydrogen-bond donors (Lipinski definition) is 2. The van der Waals surface area contributed by atoms with Crippen molar-refractivity contribution in [2.45, 2.75) is 6.54 Å². The van der Waals surface area contributed by atoms with E-state index in [-0.39, 0.29) is 23.7 Å². The van der Waals surface area contributed by atoms with Crippen LogP contribution in [0, 0.1) is 0 Å². The summed E-state index contributed by atoms with van der Waals surface area (Å²) in [6, 6.07) is 26.8. The number of carbonyl (C=O) groups excluding carboxylic acids is 2. The van der Waals surface area contributed by atoms with Gasteiger partial charge in [-0.15, -0.1) is 11.3 Å². The third kappa shape index (κ3) is 4.87. The highest BCUT2D eigenvalue weighted by atomic mass is 32.1. The van der Waals surface area contributed by atoms with Crippen LogP contribution in [0.15, 0.2) is 101 Å². The Morgan fingerprint density at radius 3 is 2.03 bits per heavy atom. The lowest BCUT2D eigenvalue weighted by molar-refractivity contribution is 0.101. The van der Waals surface area contributed by atoms with Crippen LogP contribution in [0.2, 0.25) is 0 Å². The van der Waals surface area contributed by atoms with Gasteiger partial charge in [0.1, 0.15) is 0 Å². The first-order valence-corrected chi connectivity index (χ1v) is 11.8. The van der Waals surface area contributed by atoms with Crippen molar-refractivity contribution in [1.82, 2.24) is 9.78 Å². The minimum Gasteiger partial charge on any atom is -0.321 e. The Hall–Kier alpha value is -4.56. The number of hydrogen-bond acceptors (Lipinski definition) is 5. The number of nitrogens with one attached hydrogen (secondary N) is 2. The molecule has 0 unspecified atom stereocenters. The fourth-order valence-corrected chi connectivity index (χ4v) is 4.31. The van der Waals surface area contributed by atoms with Gasteiger partial charge in [0.25, 0.3) is 17.4 Å². The van der Waals surface area contributed by atoms with Gasteiger partial charge in [-0.3, -0.25) is 14.4 Å². The highest BCUT2D eigenvalue weighted by Crippen LogP contribution is 2.19. The van der Waals surface area contributed by atoms with Crippen molar-refractivity contribution in [1.29, 1.82) is 0 Å². The van der Waals surface area contributed by atoms with Gasteiger partial charge in [-0.05, 0) is 47.3 Å². The average Bonchev–Trinajstić information content (AvgIpc) is 3.43. The van der Waals surface area contributed by atoms with E-state index in [0.29, 0.717) is 27.0 Å². The van der Waals surface area contributed by atoms with E-state index in [1.165, 1.54) is 16.0 Å². The summed E-state index contributed by atoms with van der Waals surface area (Å²) in [5.74, 6) is -0.619. The van der Waals surface area contributed by atoms with Crippen molar-refractivity contribution in [2.75, 3.05) is 10.6 Å². The third-order valence-electron chi connectivity index (χ3n) is 5.40. The second-order valence-electron chi connectivity index (χ2n) is 7.81. The highest BCUT2D eigenvalue weighted by molar-refractivity contribution is 7.12. The van der Waals surface area contributed by atoms with Crippen LogP contribution in [-0.2, 0) is 6.54 Å². The van der Waals surface area contributed by atoms with Crippen LogP contribution in [-0.4, -0.2) is 21.6 Å². The molecule has 0 aliphatic carbocycles. The second kappa shape index (κ2) is 9.74. The molecule has 0 aliphatic heterocycles. The van der Waals surface area contributed by atoms with Crippen LogP contribution < -0.4 is 16.2 Å². The molecule has 0 atom stereocenters. The first-order chi connectivity index (χ1) is 17.1. The van der Waals surface area contributed by atoms with E-state index in [1.54, 1.807) is 54.6 Å². The zero-order valence-electron chi connectivity index (χ0n) is 18.5. The molecule has 2 aromatic heterocycles. The topological polar surface area (TPSA) is 93.1 Å². The molecule has 2 N–H and O–H groups in total. The summed E-state index contributed by atoms with van der Waals surface area (Å²) in [7, 11) is 0. The first-order valence-electron chi connectivity index (χ1n) is 10.9. The molecule has 2 amide bonds. The summed E-state index contributed by atoms with van der Waals surface area (Å²) in [5.41, 5.74) is 1.96. The van der Waals surface area contributed by atoms with Crippen molar-refractivity contribution in [2.24, 2.45) is 0 Å². The molecule has 7 nitrogen and oxygen atoms in total. The van der Waals surface area contributed by atoms with E-state index in [4.69, 9.17) is 0 Å². The minimum atomic E-state index is -0.432. The second-order valence-corrected chi connectivity index (χ2v) is 8.75. The number of amides is 2. The summed E-state index contributed by atoms with van der Waals surface area (Å²) in [6.45, 7) is 0.253. The van der Waals surface area contributed by atoms with Crippen LogP contribution in [0.1, 0.15) is 25.7 Å². The molecule has 5 aromatic rings. The smallest absolute Gasteiger partial charge is 0.276 e. The maximum absolute atomic E-state index is 13.2. The van der Waals surface area contributed by atoms with Crippen molar-refractivity contribution in [3.63, 3.8) is 0 Å². The van der Waals surface area contributed by atoms with E-state index in [0.717, 1.165) is 5.56 Å². The van der Waals surface area contributed by atoms with Gasteiger partial charge in [-0.2, -0.15) is 5.10 Å². The van der Waals surface area contributed by atoms with E-state index in [1.807, 2.05) is 41.8 Å². The Labute approximate surface area is 204 Å². The summed E-state index contributed by atoms with van der Waals surface area (Å²) >= 11 is 1.36. The highest BCUT2D eigenvalue weighted by Gasteiger charge is 2.17. The number of aromatic nitrogens is 2. The van der Waals surface area contributed by atoms with E-state index in [9.17, 15) is 14.4 Å². The summed E-state index contributed by atoms with van der Waals surface area (Å²) in [4.78, 5) is 39.1. The molecule has 0 radical (unpaired) electrons. The Morgan fingerprint density at radius 1 is 0.743 bits per heavy atom. The van der Waals surface area contributed by atoms with E-state index in [2.05, 4.69) is 15.7 Å². The molecule has 2 heterocycles. The molecule has 0 aliphatic rings. The van der Waals surface area contributed by atoms with Crippen molar-refractivity contribution < 1.29 is 9.59 Å². The summed E-state index contributed by atoms with van der Waals surface area (Å²) in [5, 5.41) is 12.8. The molecule has 0 fully saturated rings. The van der Waals surface area contributed by atoms with Gasteiger partial charge in [0, 0.05) is 16.8 Å². The lowest BCUT2D eigenvalue weighted by atomic mass is 10.1. The van der Waals surface area contributed by atoms with E-state index < -0.39 is 5.91 Å². The fourth-order valence-electron chi connectivity index (χ4n) is 3.69. The van der Waals surface area contributed by atoms with Gasteiger partial charge in [0.2, 0.25) is 0 Å². The molecular weight excluding hydrogens is 460 g/mol. The maximum atomic E-state index is 13.2. The first kappa shape index (κ1) is 22.2. The van der Waals surface area contributed by atoms with E-state index >= 15 is 0 Å². The van der Waals surface area contributed by atoms with Crippen molar-refractivity contribution >= 4 is 45.3 Å². The van der Waals surface area contributed by atoms with Crippen LogP contribution in [0.3, 0.4) is 0 Å². The van der Waals surface area contributed by atoms with Gasteiger partial charge < -0.3 is 10.6 Å². The molecule has 0 saturated carbocycles. The van der Waals surface area contributed by atoms with Gasteiger partial charge in [-0.25, -0.2) is 4.68 Å². The largest absolute Gasteiger partial charge is 0.321 e. The average molecular weight is 481 g/mol. The molecule has 0 spiro atoms. The molecule has 0 saturated heterocycles. The van der Waals surface area contributed by atoms with Gasteiger partial charge in [0.15, 0.2) is 5.69 Å². The molecule has 8 heteroatoms. The molecule has 5 rings (SSSR count). The molecule has 35 heavy (non-hydrogen) atoms. The summed E-state index contributed by atoms with van der Waals surface area (Å²) < 4.78 is 1.32. The zero-order chi connectivity index (χ0) is 24.2. The van der Waals surface area contributed by atoms with Crippen LogP contribution in [0.4, 0.5) is 11.4 Å². The predicted molar refractivity (Wildman–Crippen MR) is 138 cm³/mol. The maximum Gasteiger partial charge on any atom is 0.276 e.